The maximum Gasteiger partial charge on any atom is 0.249 e. The first-order chi connectivity index (χ1) is 7.97. The largest absolute Gasteiger partial charge is 0.320 e. The van der Waals surface area contributed by atoms with Crippen LogP contribution in [0.4, 0.5) is 5.95 Å². The van der Waals surface area contributed by atoms with Gasteiger partial charge in [-0.15, -0.1) is 0 Å². The lowest BCUT2D eigenvalue weighted by molar-refractivity contribution is -0.132. The maximum absolute atomic E-state index is 11.4. The lowest BCUT2D eigenvalue weighted by Crippen LogP contribution is -2.57. The monoisotopic (exact) mass is 275 g/mol. The van der Waals surface area contributed by atoms with Crippen LogP contribution in [0.2, 0.25) is 10.6 Å². The second kappa shape index (κ2) is 4.42. The normalized spacial score (nSPS) is 20.4. The molecule has 1 saturated heterocycles. The van der Waals surface area contributed by atoms with E-state index in [1.807, 2.05) is 0 Å². The molecule has 1 aromatic rings. The van der Waals surface area contributed by atoms with E-state index < -0.39 is 17.9 Å². The summed E-state index contributed by atoms with van der Waals surface area (Å²) in [6.07, 6.45) is 0. The average Bonchev–Trinajstić information content (AvgIpc) is 2.22. The topological polar surface area (TPSA) is 88.1 Å². The fourth-order valence-electron chi connectivity index (χ4n) is 1.40. The van der Waals surface area contributed by atoms with Gasteiger partial charge in [-0.1, -0.05) is 0 Å². The Morgan fingerprint density at radius 1 is 1.24 bits per heavy atom. The molecule has 1 aromatic heterocycles. The van der Waals surface area contributed by atoms with E-state index >= 15 is 0 Å². The molecule has 1 atom stereocenters. The molecule has 0 bridgehead atoms. The first kappa shape index (κ1) is 12.0. The third-order valence-electron chi connectivity index (χ3n) is 2.25. The number of imide groups is 1. The number of carbonyl (C=O) groups excluding carboxylic acids is 2. The zero-order valence-electron chi connectivity index (χ0n) is 8.65. The van der Waals surface area contributed by atoms with Gasteiger partial charge in [0.25, 0.3) is 0 Å². The number of carbonyl (C=O) groups is 2. The molecular formula is C8H7Cl2N5O2. The Hall–Kier alpha value is -1.47. The van der Waals surface area contributed by atoms with E-state index in [9.17, 15) is 9.59 Å². The Kier molecular flexibility index (Phi) is 3.12. The van der Waals surface area contributed by atoms with E-state index in [4.69, 9.17) is 23.2 Å². The van der Waals surface area contributed by atoms with Gasteiger partial charge < -0.3 is 4.90 Å². The summed E-state index contributed by atoms with van der Waals surface area (Å²) in [5.41, 5.74) is 0. The lowest BCUT2D eigenvalue weighted by Gasteiger charge is -2.31. The minimum absolute atomic E-state index is 0.0381. The van der Waals surface area contributed by atoms with E-state index in [2.05, 4.69) is 20.3 Å². The van der Waals surface area contributed by atoms with Gasteiger partial charge in [0, 0.05) is 0 Å². The first-order valence-corrected chi connectivity index (χ1v) is 5.40. The number of halogens is 2. The van der Waals surface area contributed by atoms with Gasteiger partial charge in [-0.05, 0) is 30.1 Å². The van der Waals surface area contributed by atoms with Gasteiger partial charge in [0.2, 0.25) is 28.3 Å². The second-order valence-corrected chi connectivity index (χ2v) is 4.07. The number of aromatic nitrogens is 3. The molecule has 17 heavy (non-hydrogen) atoms. The number of nitrogens with zero attached hydrogens (tertiary/aromatic N) is 4. The predicted octanol–water partition coefficient (Wildman–Crippen LogP) is 0.0297. The maximum atomic E-state index is 11.4. The smallest absolute Gasteiger partial charge is 0.249 e. The Bertz CT molecular complexity index is 475. The van der Waals surface area contributed by atoms with Gasteiger partial charge in [-0.2, -0.15) is 15.0 Å². The molecule has 7 nitrogen and oxygen atoms in total. The Morgan fingerprint density at radius 3 is 2.41 bits per heavy atom. The number of rotatable bonds is 1. The fourth-order valence-corrected chi connectivity index (χ4v) is 1.76. The molecule has 0 radical (unpaired) electrons. The van der Waals surface area contributed by atoms with Crippen molar-refractivity contribution in [1.29, 1.82) is 0 Å². The molecule has 0 aromatic carbocycles. The summed E-state index contributed by atoms with van der Waals surface area (Å²) in [4.78, 5) is 35.4. The van der Waals surface area contributed by atoms with Gasteiger partial charge in [0.1, 0.15) is 12.6 Å². The summed E-state index contributed by atoms with van der Waals surface area (Å²) in [7, 11) is 0. The number of anilines is 1. The van der Waals surface area contributed by atoms with Crippen molar-refractivity contribution >= 4 is 41.0 Å². The number of nitrogens with one attached hydrogen (secondary N) is 1. The highest BCUT2D eigenvalue weighted by atomic mass is 35.5. The van der Waals surface area contributed by atoms with Gasteiger partial charge in [-0.3, -0.25) is 14.9 Å². The van der Waals surface area contributed by atoms with E-state index in [-0.39, 0.29) is 23.1 Å². The van der Waals surface area contributed by atoms with Crippen molar-refractivity contribution < 1.29 is 9.59 Å². The zero-order valence-corrected chi connectivity index (χ0v) is 10.2. The molecule has 90 valence electrons. The first-order valence-electron chi connectivity index (χ1n) is 4.65. The zero-order chi connectivity index (χ0) is 12.6. The summed E-state index contributed by atoms with van der Waals surface area (Å²) in [6.45, 7) is 1.58. The highest BCUT2D eigenvalue weighted by molar-refractivity contribution is 6.31. The summed E-state index contributed by atoms with van der Waals surface area (Å²) >= 11 is 11.3. The number of piperazine rings is 1. The molecule has 2 amide bonds. The van der Waals surface area contributed by atoms with E-state index in [0.717, 1.165) is 0 Å². The molecular weight excluding hydrogens is 269 g/mol. The summed E-state index contributed by atoms with van der Waals surface area (Å²) < 4.78 is 0. The van der Waals surface area contributed by atoms with Crippen LogP contribution in [0.3, 0.4) is 0 Å². The van der Waals surface area contributed by atoms with Gasteiger partial charge in [0.05, 0.1) is 0 Å². The Balaban J connectivity index is 2.37. The molecule has 0 spiro atoms. The molecule has 1 N–H and O–H groups in total. The third kappa shape index (κ3) is 2.45. The van der Waals surface area contributed by atoms with Crippen LogP contribution in [0.5, 0.6) is 0 Å². The molecule has 1 fully saturated rings. The van der Waals surface area contributed by atoms with Crippen molar-refractivity contribution in [3.05, 3.63) is 10.6 Å². The van der Waals surface area contributed by atoms with E-state index in [1.54, 1.807) is 6.92 Å². The third-order valence-corrected chi connectivity index (χ3v) is 2.59. The van der Waals surface area contributed by atoms with E-state index in [0.29, 0.717) is 0 Å². The molecule has 9 heteroatoms. The van der Waals surface area contributed by atoms with Crippen molar-refractivity contribution in [3.8, 4) is 0 Å². The highest BCUT2D eigenvalue weighted by Crippen LogP contribution is 2.17. The van der Waals surface area contributed by atoms with Crippen LogP contribution >= 0.6 is 23.2 Å². The van der Waals surface area contributed by atoms with Crippen LogP contribution in [0.25, 0.3) is 0 Å². The predicted molar refractivity (Wildman–Crippen MR) is 59.8 cm³/mol. The summed E-state index contributed by atoms with van der Waals surface area (Å²) in [6, 6.07) is -0.581. The second-order valence-electron chi connectivity index (χ2n) is 3.39. The average molecular weight is 276 g/mol. The van der Waals surface area contributed by atoms with Crippen LogP contribution in [-0.2, 0) is 9.59 Å². The lowest BCUT2D eigenvalue weighted by atomic mass is 10.2. The number of hydrogen-bond acceptors (Lipinski definition) is 6. The molecule has 0 aliphatic carbocycles. The minimum Gasteiger partial charge on any atom is -0.320 e. The Morgan fingerprint density at radius 2 is 1.82 bits per heavy atom. The SMILES string of the molecule is CC1C(=O)NC(=O)CN1c1nc(Cl)nc(Cl)n1. The fraction of sp³-hybridized carbons (Fsp3) is 0.375. The number of hydrogen-bond donors (Lipinski definition) is 1. The van der Waals surface area contributed by atoms with Crippen molar-refractivity contribution in [2.24, 2.45) is 0 Å². The molecule has 2 rings (SSSR count). The molecule has 2 heterocycles. The summed E-state index contributed by atoms with van der Waals surface area (Å²) in [5.74, 6) is -0.750. The standard InChI is InChI=1S/C8H7Cl2N5O2/c1-3-5(17)11-4(16)2-15(3)8-13-6(9)12-7(10)14-8/h3H,2H2,1H3,(H,11,16,17). The summed E-state index contributed by atoms with van der Waals surface area (Å²) in [5, 5.41) is 2.02. The number of amides is 2. The molecule has 1 aliphatic heterocycles. The van der Waals surface area contributed by atoms with Crippen LogP contribution in [-0.4, -0.2) is 39.4 Å². The molecule has 0 saturated carbocycles. The van der Waals surface area contributed by atoms with Crippen LogP contribution in [0.1, 0.15) is 6.92 Å². The molecule has 1 aliphatic rings. The highest BCUT2D eigenvalue weighted by Gasteiger charge is 2.32. The van der Waals surface area contributed by atoms with Crippen LogP contribution in [0, 0.1) is 0 Å². The quantitative estimate of drug-likeness (QED) is 0.728. The van der Waals surface area contributed by atoms with E-state index in [1.165, 1.54) is 4.90 Å². The van der Waals surface area contributed by atoms with Gasteiger partial charge >= 0.3 is 0 Å². The van der Waals surface area contributed by atoms with Crippen LogP contribution < -0.4 is 10.2 Å². The van der Waals surface area contributed by atoms with Crippen LogP contribution in [0.15, 0.2) is 0 Å². The van der Waals surface area contributed by atoms with Crippen molar-refractivity contribution in [2.45, 2.75) is 13.0 Å². The van der Waals surface area contributed by atoms with Gasteiger partial charge in [0.15, 0.2) is 0 Å². The minimum atomic E-state index is -0.581. The Labute approximate surface area is 106 Å². The molecule has 1 unspecified atom stereocenters. The van der Waals surface area contributed by atoms with Crippen molar-refractivity contribution in [1.82, 2.24) is 20.3 Å². The van der Waals surface area contributed by atoms with Crippen molar-refractivity contribution in [3.63, 3.8) is 0 Å². The van der Waals surface area contributed by atoms with Crippen molar-refractivity contribution in [2.75, 3.05) is 11.4 Å². The van der Waals surface area contributed by atoms with Gasteiger partial charge in [-0.25, -0.2) is 0 Å².